The lowest BCUT2D eigenvalue weighted by atomic mass is 10.2. The molecule has 1 aliphatic carbocycles. The molecule has 8 heteroatoms. The summed E-state index contributed by atoms with van der Waals surface area (Å²) < 4.78 is 3.57. The predicted octanol–water partition coefficient (Wildman–Crippen LogP) is 2.82. The normalized spacial score (nSPS) is 13.8. The van der Waals surface area contributed by atoms with Gasteiger partial charge in [-0.15, -0.1) is 11.3 Å². The molecular formula is C17H15N5OS2. The maximum absolute atomic E-state index is 12.8. The van der Waals surface area contributed by atoms with Crippen LogP contribution in [-0.2, 0) is 25.6 Å². The highest BCUT2D eigenvalue weighted by atomic mass is 32.2. The van der Waals surface area contributed by atoms with E-state index in [9.17, 15) is 4.79 Å². The van der Waals surface area contributed by atoms with Crippen molar-refractivity contribution in [2.24, 2.45) is 7.05 Å². The molecule has 4 aromatic heterocycles. The second kappa shape index (κ2) is 5.67. The highest BCUT2D eigenvalue weighted by molar-refractivity contribution is 7.98. The van der Waals surface area contributed by atoms with E-state index in [1.54, 1.807) is 40.9 Å². The fraction of sp³-hybridized carbons (Fsp3) is 0.294. The van der Waals surface area contributed by atoms with Crippen molar-refractivity contribution in [1.29, 1.82) is 0 Å². The molecule has 0 unspecified atom stereocenters. The monoisotopic (exact) mass is 369 g/mol. The lowest BCUT2D eigenvalue weighted by Crippen LogP contribution is -2.20. The summed E-state index contributed by atoms with van der Waals surface area (Å²) in [6, 6.07) is 1.88. The van der Waals surface area contributed by atoms with Gasteiger partial charge in [0.1, 0.15) is 4.83 Å². The Kier molecular flexibility index (Phi) is 3.42. The summed E-state index contributed by atoms with van der Waals surface area (Å²) in [7, 11) is 1.81. The summed E-state index contributed by atoms with van der Waals surface area (Å²) in [6.45, 7) is 0. The summed E-state index contributed by atoms with van der Waals surface area (Å²) in [5.41, 5.74) is 2.23. The zero-order valence-electron chi connectivity index (χ0n) is 13.6. The van der Waals surface area contributed by atoms with E-state index in [0.29, 0.717) is 11.5 Å². The van der Waals surface area contributed by atoms with Crippen molar-refractivity contribution in [1.82, 2.24) is 23.9 Å². The van der Waals surface area contributed by atoms with Crippen molar-refractivity contribution >= 4 is 39.1 Å². The topological polar surface area (TPSA) is 65.1 Å². The molecule has 0 N–H and O–H groups in total. The number of thioether (sulfide) groups is 1. The SMILES string of the molecule is Cn1c(SCc2cn3cccnc3n2)nc2sc3c(c2c1=O)CCC3. The lowest BCUT2D eigenvalue weighted by Gasteiger charge is -2.06. The van der Waals surface area contributed by atoms with Gasteiger partial charge < -0.3 is 0 Å². The number of aromatic nitrogens is 5. The van der Waals surface area contributed by atoms with E-state index in [0.717, 1.165) is 40.3 Å². The fourth-order valence-electron chi connectivity index (χ4n) is 3.32. The fourth-order valence-corrected chi connectivity index (χ4v) is 5.48. The molecule has 6 nitrogen and oxygen atoms in total. The zero-order valence-corrected chi connectivity index (χ0v) is 15.2. The number of nitrogens with zero attached hydrogens (tertiary/aromatic N) is 5. The Bertz CT molecular complexity index is 1140. The first-order chi connectivity index (χ1) is 12.2. The average molecular weight is 369 g/mol. The maximum Gasteiger partial charge on any atom is 0.262 e. The summed E-state index contributed by atoms with van der Waals surface area (Å²) in [5.74, 6) is 1.34. The van der Waals surface area contributed by atoms with Crippen molar-refractivity contribution in [3.8, 4) is 0 Å². The van der Waals surface area contributed by atoms with E-state index in [-0.39, 0.29) is 5.56 Å². The summed E-state index contributed by atoms with van der Waals surface area (Å²) >= 11 is 3.22. The standard InChI is InChI=1S/C17H15N5OS2/c1-21-15(23)13-11-4-2-5-12(11)25-14(13)20-17(21)24-9-10-8-22-7-3-6-18-16(22)19-10/h3,6-8H,2,4-5,9H2,1H3. The maximum atomic E-state index is 12.8. The third kappa shape index (κ3) is 2.39. The van der Waals surface area contributed by atoms with E-state index in [2.05, 4.69) is 9.97 Å². The summed E-state index contributed by atoms with van der Waals surface area (Å²) in [4.78, 5) is 28.5. The number of hydrogen-bond acceptors (Lipinski definition) is 6. The molecule has 126 valence electrons. The second-order valence-corrected chi connectivity index (χ2v) is 8.17. The minimum Gasteiger partial charge on any atom is -0.291 e. The van der Waals surface area contributed by atoms with E-state index in [1.807, 2.05) is 22.9 Å². The van der Waals surface area contributed by atoms with Crippen LogP contribution in [0.2, 0.25) is 0 Å². The van der Waals surface area contributed by atoms with E-state index in [4.69, 9.17) is 4.98 Å². The van der Waals surface area contributed by atoms with Gasteiger partial charge in [-0.1, -0.05) is 11.8 Å². The van der Waals surface area contributed by atoms with Gasteiger partial charge in [-0.3, -0.25) is 13.8 Å². The van der Waals surface area contributed by atoms with Crippen molar-refractivity contribution in [2.45, 2.75) is 30.2 Å². The van der Waals surface area contributed by atoms with Gasteiger partial charge in [0.25, 0.3) is 5.56 Å². The Morgan fingerprint density at radius 3 is 3.12 bits per heavy atom. The number of hydrogen-bond donors (Lipinski definition) is 0. The van der Waals surface area contributed by atoms with Crippen molar-refractivity contribution in [3.63, 3.8) is 0 Å². The first-order valence-electron chi connectivity index (χ1n) is 8.13. The third-order valence-corrected chi connectivity index (χ3v) is 6.79. The van der Waals surface area contributed by atoms with Gasteiger partial charge in [0.2, 0.25) is 5.78 Å². The van der Waals surface area contributed by atoms with Crippen LogP contribution >= 0.6 is 23.1 Å². The highest BCUT2D eigenvalue weighted by Gasteiger charge is 2.22. The molecule has 5 rings (SSSR count). The molecule has 0 saturated heterocycles. The van der Waals surface area contributed by atoms with Gasteiger partial charge in [-0.05, 0) is 30.9 Å². The number of thiophene rings is 1. The van der Waals surface area contributed by atoms with Crippen molar-refractivity contribution < 1.29 is 0 Å². The van der Waals surface area contributed by atoms with Crippen LogP contribution in [0.1, 0.15) is 22.6 Å². The molecule has 0 spiro atoms. The number of imidazole rings is 1. The summed E-state index contributed by atoms with van der Waals surface area (Å²) in [5, 5.41) is 1.57. The van der Waals surface area contributed by atoms with Gasteiger partial charge in [0.05, 0.1) is 11.1 Å². The minimum absolute atomic E-state index is 0.0727. The Morgan fingerprint density at radius 2 is 2.24 bits per heavy atom. The smallest absolute Gasteiger partial charge is 0.262 e. The van der Waals surface area contributed by atoms with Gasteiger partial charge in [-0.2, -0.15) is 0 Å². The van der Waals surface area contributed by atoms with E-state index in [1.165, 1.54) is 10.4 Å². The second-order valence-electron chi connectivity index (χ2n) is 6.14. The highest BCUT2D eigenvalue weighted by Crippen LogP contribution is 2.35. The van der Waals surface area contributed by atoms with Crippen LogP contribution in [0.15, 0.2) is 34.6 Å². The van der Waals surface area contributed by atoms with Crippen LogP contribution < -0.4 is 5.56 Å². The largest absolute Gasteiger partial charge is 0.291 e. The molecule has 0 fully saturated rings. The van der Waals surface area contributed by atoms with Crippen LogP contribution in [0.5, 0.6) is 0 Å². The molecule has 0 radical (unpaired) electrons. The number of rotatable bonds is 3. The molecule has 0 atom stereocenters. The van der Waals surface area contributed by atoms with Gasteiger partial charge in [0.15, 0.2) is 5.16 Å². The predicted molar refractivity (Wildman–Crippen MR) is 99.4 cm³/mol. The molecule has 0 aromatic carbocycles. The molecule has 4 heterocycles. The lowest BCUT2D eigenvalue weighted by molar-refractivity contribution is 0.726. The van der Waals surface area contributed by atoms with E-state index < -0.39 is 0 Å². The first kappa shape index (κ1) is 15.1. The zero-order chi connectivity index (χ0) is 17.0. The first-order valence-corrected chi connectivity index (χ1v) is 9.93. The molecule has 4 aromatic rings. The van der Waals surface area contributed by atoms with Gasteiger partial charge in [-0.25, -0.2) is 15.0 Å². The van der Waals surface area contributed by atoms with Crippen LogP contribution in [0.3, 0.4) is 0 Å². The van der Waals surface area contributed by atoms with E-state index >= 15 is 0 Å². The summed E-state index contributed by atoms with van der Waals surface area (Å²) in [6.07, 6.45) is 8.86. The molecular weight excluding hydrogens is 354 g/mol. The molecule has 0 amide bonds. The molecule has 0 aliphatic heterocycles. The molecule has 25 heavy (non-hydrogen) atoms. The van der Waals surface area contributed by atoms with Crippen LogP contribution in [0.25, 0.3) is 16.0 Å². The average Bonchev–Trinajstić information content (AvgIpc) is 3.29. The van der Waals surface area contributed by atoms with Gasteiger partial charge >= 0.3 is 0 Å². The number of aryl methyl sites for hydroxylation is 2. The van der Waals surface area contributed by atoms with Crippen molar-refractivity contribution in [3.05, 3.63) is 51.1 Å². The Balaban J connectivity index is 1.50. The van der Waals surface area contributed by atoms with Crippen LogP contribution in [0, 0.1) is 0 Å². The minimum atomic E-state index is 0.0727. The van der Waals surface area contributed by atoms with Gasteiger partial charge in [0, 0.05) is 36.3 Å². The van der Waals surface area contributed by atoms with Crippen molar-refractivity contribution in [2.75, 3.05) is 0 Å². The van der Waals surface area contributed by atoms with Crippen LogP contribution in [-0.4, -0.2) is 23.9 Å². The Hall–Kier alpha value is -2.19. The quantitative estimate of drug-likeness (QED) is 0.410. The van der Waals surface area contributed by atoms with Crippen LogP contribution in [0.4, 0.5) is 0 Å². The Labute approximate surface area is 151 Å². The molecule has 0 saturated carbocycles. The number of fused-ring (bicyclic) bond motifs is 4. The molecule has 0 bridgehead atoms. The Morgan fingerprint density at radius 1 is 1.32 bits per heavy atom. The molecule has 1 aliphatic rings. The third-order valence-electron chi connectivity index (χ3n) is 4.54.